The van der Waals surface area contributed by atoms with E-state index in [9.17, 15) is 17.6 Å². The highest BCUT2D eigenvalue weighted by Gasteiger charge is 2.23. The topological polar surface area (TPSA) is 54.5 Å². The van der Waals surface area contributed by atoms with E-state index in [-0.39, 0.29) is 10.5 Å². The molecule has 2 rings (SSSR count). The number of likely N-dealkylation sites (tertiary alicyclic amines) is 1. The van der Waals surface area contributed by atoms with E-state index in [0.717, 1.165) is 31.0 Å². The molecule has 1 aromatic carbocycles. The fourth-order valence-corrected chi connectivity index (χ4v) is 2.67. The molecule has 0 aliphatic carbocycles. The van der Waals surface area contributed by atoms with Gasteiger partial charge in [-0.1, -0.05) is 0 Å². The van der Waals surface area contributed by atoms with Crippen LogP contribution in [0, 0.1) is 5.82 Å². The summed E-state index contributed by atoms with van der Waals surface area (Å²) in [5.41, 5.74) is -0.124. The second kappa shape index (κ2) is 4.85. The molecule has 0 atom stereocenters. The van der Waals surface area contributed by atoms with E-state index in [1.807, 2.05) is 0 Å². The standard InChI is InChI=1S/C11H11ClFNO3S/c12-18(16,17)8-3-4-9(10(13)7-8)11(15)14-5-1-2-6-14/h3-4,7H,1-2,5-6H2. The normalized spacial score (nSPS) is 16.0. The summed E-state index contributed by atoms with van der Waals surface area (Å²) in [5.74, 6) is -1.28. The highest BCUT2D eigenvalue weighted by atomic mass is 35.7. The van der Waals surface area contributed by atoms with Gasteiger partial charge in [0.2, 0.25) is 0 Å². The average molecular weight is 292 g/mol. The van der Waals surface area contributed by atoms with Crippen molar-refractivity contribution < 1.29 is 17.6 Å². The second-order valence-corrected chi connectivity index (χ2v) is 6.64. The Hall–Kier alpha value is -1.14. The molecule has 1 aromatic rings. The lowest BCUT2D eigenvalue weighted by Gasteiger charge is -2.15. The van der Waals surface area contributed by atoms with Crippen LogP contribution in [0.1, 0.15) is 23.2 Å². The molecule has 0 aromatic heterocycles. The lowest BCUT2D eigenvalue weighted by Crippen LogP contribution is -2.28. The fraction of sp³-hybridized carbons (Fsp3) is 0.364. The van der Waals surface area contributed by atoms with E-state index >= 15 is 0 Å². The highest BCUT2D eigenvalue weighted by molar-refractivity contribution is 8.13. The first-order valence-corrected chi connectivity index (χ1v) is 7.74. The lowest BCUT2D eigenvalue weighted by molar-refractivity contribution is 0.0788. The van der Waals surface area contributed by atoms with Gasteiger partial charge in [-0.05, 0) is 31.0 Å². The molecule has 1 fully saturated rings. The summed E-state index contributed by atoms with van der Waals surface area (Å²) in [4.78, 5) is 13.1. The molecule has 0 unspecified atom stereocenters. The van der Waals surface area contributed by atoms with Gasteiger partial charge in [0, 0.05) is 23.8 Å². The maximum Gasteiger partial charge on any atom is 0.261 e. The SMILES string of the molecule is O=C(c1ccc(S(=O)(=O)Cl)cc1F)N1CCCC1. The van der Waals surface area contributed by atoms with Crippen molar-refractivity contribution in [2.75, 3.05) is 13.1 Å². The summed E-state index contributed by atoms with van der Waals surface area (Å²) in [6, 6.07) is 3.06. The molecule has 1 aliphatic heterocycles. The smallest absolute Gasteiger partial charge is 0.261 e. The number of benzene rings is 1. The molecule has 0 radical (unpaired) electrons. The monoisotopic (exact) mass is 291 g/mol. The van der Waals surface area contributed by atoms with E-state index in [1.165, 1.54) is 0 Å². The Morgan fingerprint density at radius 3 is 2.39 bits per heavy atom. The van der Waals surface area contributed by atoms with Crippen LogP contribution in [0.5, 0.6) is 0 Å². The van der Waals surface area contributed by atoms with Crippen molar-refractivity contribution in [2.24, 2.45) is 0 Å². The third kappa shape index (κ3) is 2.64. The number of hydrogen-bond acceptors (Lipinski definition) is 3. The molecule has 1 saturated heterocycles. The Morgan fingerprint density at radius 2 is 1.89 bits per heavy atom. The van der Waals surface area contributed by atoms with Gasteiger partial charge in [-0.2, -0.15) is 0 Å². The third-order valence-electron chi connectivity index (χ3n) is 2.85. The van der Waals surface area contributed by atoms with E-state index < -0.39 is 20.8 Å². The maximum atomic E-state index is 13.7. The van der Waals surface area contributed by atoms with Crippen LogP contribution in [-0.4, -0.2) is 32.3 Å². The first-order chi connectivity index (χ1) is 8.39. The maximum absolute atomic E-state index is 13.7. The first kappa shape index (κ1) is 13.3. The Bertz CT molecular complexity index is 582. The van der Waals surface area contributed by atoms with Crippen molar-refractivity contribution in [1.29, 1.82) is 0 Å². The zero-order valence-electron chi connectivity index (χ0n) is 9.40. The number of carbonyl (C=O) groups excluding carboxylic acids is 1. The average Bonchev–Trinajstić information content (AvgIpc) is 2.80. The van der Waals surface area contributed by atoms with E-state index in [4.69, 9.17) is 10.7 Å². The van der Waals surface area contributed by atoms with Crippen molar-refractivity contribution in [1.82, 2.24) is 4.90 Å². The van der Waals surface area contributed by atoms with Crippen LogP contribution in [0.2, 0.25) is 0 Å². The van der Waals surface area contributed by atoms with Crippen molar-refractivity contribution in [3.63, 3.8) is 0 Å². The minimum absolute atomic E-state index is 0.124. The first-order valence-electron chi connectivity index (χ1n) is 5.43. The molecular formula is C11H11ClFNO3S. The van der Waals surface area contributed by atoms with Gasteiger partial charge >= 0.3 is 0 Å². The van der Waals surface area contributed by atoms with Gasteiger partial charge in [-0.25, -0.2) is 12.8 Å². The number of halogens is 2. The van der Waals surface area contributed by atoms with E-state index in [0.29, 0.717) is 13.1 Å². The van der Waals surface area contributed by atoms with Crippen LogP contribution < -0.4 is 0 Å². The van der Waals surface area contributed by atoms with Crippen LogP contribution >= 0.6 is 10.7 Å². The highest BCUT2D eigenvalue weighted by Crippen LogP contribution is 2.20. The minimum Gasteiger partial charge on any atom is -0.339 e. The molecule has 0 saturated carbocycles. The molecule has 98 valence electrons. The Balaban J connectivity index is 2.33. The molecular weight excluding hydrogens is 281 g/mol. The van der Waals surface area contributed by atoms with Crippen molar-refractivity contribution in [2.45, 2.75) is 17.7 Å². The van der Waals surface area contributed by atoms with Gasteiger partial charge in [0.25, 0.3) is 15.0 Å². The summed E-state index contributed by atoms with van der Waals surface area (Å²) in [7, 11) is 1.12. The van der Waals surface area contributed by atoms with Gasteiger partial charge in [0.05, 0.1) is 10.5 Å². The van der Waals surface area contributed by atoms with Crippen LogP contribution in [0.15, 0.2) is 23.1 Å². The summed E-state index contributed by atoms with van der Waals surface area (Å²) < 4.78 is 35.8. The number of carbonyl (C=O) groups is 1. The molecule has 1 heterocycles. The molecule has 1 aliphatic rings. The van der Waals surface area contributed by atoms with Crippen LogP contribution in [0.3, 0.4) is 0 Å². The number of nitrogens with zero attached hydrogens (tertiary/aromatic N) is 1. The van der Waals surface area contributed by atoms with Gasteiger partial charge in [-0.3, -0.25) is 4.79 Å². The van der Waals surface area contributed by atoms with Crippen molar-refractivity contribution >= 4 is 25.6 Å². The number of rotatable bonds is 2. The van der Waals surface area contributed by atoms with Gasteiger partial charge in [-0.15, -0.1) is 0 Å². The van der Waals surface area contributed by atoms with Crippen LogP contribution in [0.25, 0.3) is 0 Å². The number of amides is 1. The summed E-state index contributed by atoms with van der Waals surface area (Å²) in [6.07, 6.45) is 1.81. The Kier molecular flexibility index (Phi) is 3.59. The van der Waals surface area contributed by atoms with Gasteiger partial charge in [0.15, 0.2) is 0 Å². The third-order valence-corrected chi connectivity index (χ3v) is 4.20. The zero-order chi connectivity index (χ0) is 13.3. The largest absolute Gasteiger partial charge is 0.339 e. The van der Waals surface area contributed by atoms with E-state index in [1.54, 1.807) is 4.90 Å². The molecule has 4 nitrogen and oxygen atoms in total. The molecule has 0 spiro atoms. The minimum atomic E-state index is -3.98. The van der Waals surface area contributed by atoms with E-state index in [2.05, 4.69) is 0 Å². The second-order valence-electron chi connectivity index (χ2n) is 4.08. The lowest BCUT2D eigenvalue weighted by atomic mass is 10.2. The van der Waals surface area contributed by atoms with Gasteiger partial charge < -0.3 is 4.90 Å². The predicted octanol–water partition coefficient (Wildman–Crippen LogP) is 1.99. The number of hydrogen-bond donors (Lipinski definition) is 0. The van der Waals surface area contributed by atoms with Gasteiger partial charge in [0.1, 0.15) is 5.82 Å². The predicted molar refractivity (Wildman–Crippen MR) is 64.6 cm³/mol. The Labute approximate surface area is 109 Å². The molecule has 0 N–H and O–H groups in total. The molecule has 1 amide bonds. The zero-order valence-corrected chi connectivity index (χ0v) is 11.0. The Morgan fingerprint density at radius 1 is 1.28 bits per heavy atom. The molecule has 0 bridgehead atoms. The van der Waals surface area contributed by atoms with Crippen LogP contribution in [-0.2, 0) is 9.05 Å². The van der Waals surface area contributed by atoms with Crippen LogP contribution in [0.4, 0.5) is 4.39 Å². The molecule has 7 heteroatoms. The fourth-order valence-electron chi connectivity index (χ4n) is 1.91. The summed E-state index contributed by atoms with van der Waals surface area (Å²) >= 11 is 0. The van der Waals surface area contributed by atoms with Crippen molar-refractivity contribution in [3.8, 4) is 0 Å². The van der Waals surface area contributed by atoms with Crippen molar-refractivity contribution in [3.05, 3.63) is 29.6 Å². The molecule has 18 heavy (non-hydrogen) atoms. The summed E-state index contributed by atoms with van der Waals surface area (Å²) in [6.45, 7) is 1.21. The summed E-state index contributed by atoms with van der Waals surface area (Å²) in [5, 5.41) is 0. The quantitative estimate of drug-likeness (QED) is 0.783.